The maximum atomic E-state index is 2.50. The molecule has 1 aliphatic carbocycles. The van der Waals surface area contributed by atoms with E-state index in [-0.39, 0.29) is 59.4 Å². The Morgan fingerprint density at radius 2 is 1.70 bits per heavy atom. The third-order valence-electron chi connectivity index (χ3n) is 5.44. The second kappa shape index (κ2) is 13.9. The Morgan fingerprint density at radius 3 is 2.30 bits per heavy atom. The molecular weight excluding hydrogens is 559 g/mol. The van der Waals surface area contributed by atoms with E-state index in [1.807, 2.05) is 11.8 Å². The van der Waals surface area contributed by atoms with Crippen LogP contribution in [0.5, 0.6) is 0 Å². The normalized spacial score (nSPS) is 15.4. The van der Waals surface area contributed by atoms with Crippen molar-refractivity contribution in [2.24, 2.45) is 0 Å². The molecule has 33 heavy (non-hydrogen) atoms. The van der Waals surface area contributed by atoms with Crippen LogP contribution in [0.3, 0.4) is 0 Å². The van der Waals surface area contributed by atoms with Crippen LogP contribution < -0.4 is 24.8 Å². The number of rotatable bonds is 3. The Bertz CT molecular complexity index is 1150. The fraction of sp³-hybridized carbons (Fsp3) is 0.214. The van der Waals surface area contributed by atoms with Gasteiger partial charge in [0.25, 0.3) is 0 Å². The molecule has 1 unspecified atom stereocenters. The minimum atomic E-state index is -0.200. The molecule has 0 saturated carbocycles. The molecule has 1 radical (unpaired) electrons. The molecule has 0 saturated heterocycles. The molecule has 5 rings (SSSR count). The minimum Gasteiger partial charge on any atom is -1.00 e. The summed E-state index contributed by atoms with van der Waals surface area (Å²) in [6.07, 6.45) is 8.07. The predicted octanol–water partition coefficient (Wildman–Crippen LogP) is 1.80. The molecule has 3 aromatic rings. The zero-order valence-electron chi connectivity index (χ0n) is 19.5. The van der Waals surface area contributed by atoms with E-state index in [2.05, 4.69) is 112 Å². The summed E-state index contributed by atoms with van der Waals surface area (Å²) in [7, 11) is -0.200. The zero-order valence-corrected chi connectivity index (χ0v) is 25.3. The Balaban J connectivity index is 0.000000311. The van der Waals surface area contributed by atoms with Crippen molar-refractivity contribution in [2.45, 2.75) is 38.6 Å². The van der Waals surface area contributed by atoms with E-state index in [4.69, 9.17) is 0 Å². The van der Waals surface area contributed by atoms with Gasteiger partial charge >= 0.3 is 26.2 Å². The topological polar surface area (TPSA) is 0 Å². The maximum absolute atomic E-state index is 2.50. The van der Waals surface area contributed by atoms with Crippen LogP contribution in [-0.2, 0) is 32.6 Å². The quantitative estimate of drug-likeness (QED) is 0.333. The summed E-state index contributed by atoms with van der Waals surface area (Å²) < 4.78 is 0. The number of allylic oxidation sites excluding steroid dienone is 4. The van der Waals surface area contributed by atoms with Crippen LogP contribution in [0.15, 0.2) is 94.9 Å². The molecule has 3 aromatic carbocycles. The third-order valence-corrected chi connectivity index (χ3v) is 7.86. The first kappa shape index (κ1) is 30.2. The van der Waals surface area contributed by atoms with Gasteiger partial charge in [0.15, 0.2) is 0 Å². The van der Waals surface area contributed by atoms with Crippen molar-refractivity contribution >= 4 is 36.6 Å². The van der Waals surface area contributed by atoms with Gasteiger partial charge < -0.3 is 24.8 Å². The molecule has 1 aliphatic heterocycles. The van der Waals surface area contributed by atoms with Crippen molar-refractivity contribution in [1.29, 1.82) is 0 Å². The van der Waals surface area contributed by atoms with Gasteiger partial charge in [0, 0.05) is 18.6 Å². The monoisotopic (exact) mass is 585 g/mol. The van der Waals surface area contributed by atoms with Gasteiger partial charge in [-0.05, 0) is 36.1 Å². The molecule has 5 heteroatoms. The first-order valence-corrected chi connectivity index (χ1v) is 14.2. The SMILES string of the molecule is CC1=CC2=CC(C=[Si](C)C)SC2=C1.CCc1ccc(-c2cc3ccccc3[cH-]2)cc1.[Cl-].[Cl-].[Zr+3]. The first-order valence-electron chi connectivity index (χ1n) is 10.7. The van der Waals surface area contributed by atoms with E-state index in [1.165, 1.54) is 43.5 Å². The predicted molar refractivity (Wildman–Crippen MR) is 139 cm³/mol. The minimum absolute atomic E-state index is 0. The molecule has 0 fully saturated rings. The van der Waals surface area contributed by atoms with Crippen molar-refractivity contribution in [3.05, 3.63) is 101 Å². The molecule has 0 aromatic heterocycles. The van der Waals surface area contributed by atoms with Crippen LogP contribution in [0.1, 0.15) is 19.4 Å². The molecule has 0 N–H and O–H groups in total. The number of fused-ring (bicyclic) bond motifs is 2. The Labute approximate surface area is 236 Å². The van der Waals surface area contributed by atoms with Crippen molar-refractivity contribution in [2.75, 3.05) is 0 Å². The molecular formula is C28H29Cl2SSiZr. The van der Waals surface area contributed by atoms with Crippen LogP contribution in [0, 0.1) is 0 Å². The average Bonchev–Trinajstić information content (AvgIpc) is 3.40. The molecule has 2 aliphatic rings. The van der Waals surface area contributed by atoms with Crippen molar-refractivity contribution in [3.8, 4) is 11.1 Å². The number of aryl methyl sites for hydroxylation is 1. The summed E-state index contributed by atoms with van der Waals surface area (Å²) in [6, 6.07) is 21.9. The summed E-state index contributed by atoms with van der Waals surface area (Å²) in [4.78, 5) is 1.47. The number of halogens is 2. The second-order valence-corrected chi connectivity index (χ2v) is 12.0. The first-order chi connectivity index (χ1) is 14.5. The average molecular weight is 588 g/mol. The molecule has 1 atom stereocenters. The number of hydrogen-bond donors (Lipinski definition) is 0. The Hall–Kier alpha value is -0.830. The molecule has 0 nitrogen and oxygen atoms in total. The van der Waals surface area contributed by atoms with Gasteiger partial charge in [-0.2, -0.15) is 0 Å². The smallest absolute Gasteiger partial charge is 1.00 e. The summed E-state index contributed by atoms with van der Waals surface area (Å²) in [5.74, 6) is 0. The summed E-state index contributed by atoms with van der Waals surface area (Å²) in [6.45, 7) is 9.03. The van der Waals surface area contributed by atoms with Gasteiger partial charge in [0.2, 0.25) is 0 Å². The number of benzene rings is 2. The van der Waals surface area contributed by atoms with Gasteiger partial charge in [-0.15, -0.1) is 46.3 Å². The Morgan fingerprint density at radius 1 is 1.00 bits per heavy atom. The maximum Gasteiger partial charge on any atom is 3.00 e. The standard InChI is InChI=1S/C17H15.C11H14SSi.2ClH.Zr/c1-2-13-7-9-14(10-8-13)17-11-15-5-3-4-6-16(15)12-17;1-8-4-9-6-10(7-13(2)3)12-11(9)5-8;;;/h3-12H,2H2,1H3;4-7,10H,1-3H3;2*1H;/q-1;;;;+3/p-2. The molecule has 0 spiro atoms. The summed E-state index contributed by atoms with van der Waals surface area (Å²) in [5.41, 5.74) is 9.36. The number of thioether (sulfide) groups is 1. The largest absolute Gasteiger partial charge is 3.00 e. The van der Waals surface area contributed by atoms with Crippen LogP contribution in [0.25, 0.3) is 21.9 Å². The Kier molecular flexibility index (Phi) is 12.7. The zero-order chi connectivity index (χ0) is 21.1. The van der Waals surface area contributed by atoms with E-state index in [0.717, 1.165) is 6.42 Å². The van der Waals surface area contributed by atoms with Crippen molar-refractivity contribution < 1.29 is 51.0 Å². The van der Waals surface area contributed by atoms with Crippen LogP contribution in [0.4, 0.5) is 0 Å². The van der Waals surface area contributed by atoms with E-state index in [9.17, 15) is 0 Å². The van der Waals surface area contributed by atoms with Crippen LogP contribution in [-0.4, -0.2) is 19.3 Å². The van der Waals surface area contributed by atoms with E-state index < -0.39 is 0 Å². The van der Waals surface area contributed by atoms with Gasteiger partial charge in [-0.3, -0.25) is 0 Å². The van der Waals surface area contributed by atoms with Crippen molar-refractivity contribution in [3.63, 3.8) is 0 Å². The second-order valence-electron chi connectivity index (χ2n) is 8.27. The van der Waals surface area contributed by atoms with E-state index in [0.29, 0.717) is 5.25 Å². The fourth-order valence-electron chi connectivity index (χ4n) is 3.90. The third kappa shape index (κ3) is 7.84. The molecule has 1 heterocycles. The van der Waals surface area contributed by atoms with E-state index >= 15 is 0 Å². The van der Waals surface area contributed by atoms with E-state index in [1.54, 1.807) is 0 Å². The summed E-state index contributed by atoms with van der Waals surface area (Å²) in [5, 5.41) is 3.29. The number of hydrogen-bond acceptors (Lipinski definition) is 1. The van der Waals surface area contributed by atoms with Gasteiger partial charge in [0.05, 0.1) is 0 Å². The fourth-order valence-corrected chi connectivity index (χ4v) is 6.77. The van der Waals surface area contributed by atoms with Gasteiger partial charge in [0.1, 0.15) is 0 Å². The summed E-state index contributed by atoms with van der Waals surface area (Å²) >= 11 is 2.00. The van der Waals surface area contributed by atoms with Crippen LogP contribution in [0.2, 0.25) is 13.1 Å². The van der Waals surface area contributed by atoms with Gasteiger partial charge in [-0.25, -0.2) is 0 Å². The van der Waals surface area contributed by atoms with Gasteiger partial charge in [-0.1, -0.05) is 85.9 Å². The molecule has 0 bridgehead atoms. The molecule has 169 valence electrons. The van der Waals surface area contributed by atoms with Crippen LogP contribution >= 0.6 is 11.8 Å². The van der Waals surface area contributed by atoms with Crippen molar-refractivity contribution in [1.82, 2.24) is 0 Å². The molecule has 0 amide bonds.